The molecular weight excluding hydrogens is 240 g/mol. The predicted molar refractivity (Wildman–Crippen MR) is 74.5 cm³/mol. The molecule has 19 heavy (non-hydrogen) atoms. The molecule has 1 aliphatic carbocycles. The second-order valence-electron chi connectivity index (χ2n) is 6.95. The number of nitrogens with one attached hydrogen (secondary N) is 1. The van der Waals surface area contributed by atoms with Gasteiger partial charge in [0.25, 0.3) is 0 Å². The largest absolute Gasteiger partial charge is 0.340 e. The molecule has 2 aliphatic rings. The highest BCUT2D eigenvalue weighted by molar-refractivity contribution is 5.99. The van der Waals surface area contributed by atoms with E-state index in [1.807, 2.05) is 18.7 Å². The lowest BCUT2D eigenvalue weighted by molar-refractivity contribution is -0.160. The number of rotatable bonds is 3. The molecule has 0 bridgehead atoms. The van der Waals surface area contributed by atoms with E-state index in [4.69, 9.17) is 0 Å². The van der Waals surface area contributed by atoms with Crippen molar-refractivity contribution in [3.05, 3.63) is 0 Å². The Balaban J connectivity index is 2.31. The molecule has 1 N–H and O–H groups in total. The number of amides is 2. The van der Waals surface area contributed by atoms with Gasteiger partial charge in [0.15, 0.2) is 0 Å². The Morgan fingerprint density at radius 2 is 1.79 bits per heavy atom. The van der Waals surface area contributed by atoms with E-state index < -0.39 is 5.54 Å². The number of nitrogens with zero attached hydrogens (tertiary/aromatic N) is 1. The van der Waals surface area contributed by atoms with Gasteiger partial charge in [-0.25, -0.2) is 0 Å². The van der Waals surface area contributed by atoms with Gasteiger partial charge < -0.3 is 10.2 Å². The van der Waals surface area contributed by atoms with Crippen molar-refractivity contribution in [2.45, 2.75) is 71.5 Å². The lowest BCUT2D eigenvalue weighted by atomic mass is 9.77. The van der Waals surface area contributed by atoms with Crippen molar-refractivity contribution >= 4 is 11.8 Å². The third-order valence-electron chi connectivity index (χ3n) is 4.68. The molecule has 108 valence electrons. The quantitative estimate of drug-likeness (QED) is 0.848. The summed E-state index contributed by atoms with van der Waals surface area (Å²) in [6, 6.07) is -0.157. The average molecular weight is 266 g/mol. The average Bonchev–Trinajstić information content (AvgIpc) is 2.18. The maximum atomic E-state index is 12.7. The van der Waals surface area contributed by atoms with Crippen molar-refractivity contribution in [2.24, 2.45) is 11.8 Å². The van der Waals surface area contributed by atoms with Crippen LogP contribution in [0.3, 0.4) is 0 Å². The lowest BCUT2D eigenvalue weighted by Crippen LogP contribution is -2.71. The number of carbonyl (C=O) groups excluding carboxylic acids is 2. The van der Waals surface area contributed by atoms with Gasteiger partial charge in [-0.15, -0.1) is 0 Å². The number of piperazine rings is 1. The highest BCUT2D eigenvalue weighted by Crippen LogP contribution is 2.36. The predicted octanol–water partition coefficient (Wildman–Crippen LogP) is 1.94. The van der Waals surface area contributed by atoms with E-state index in [1.165, 1.54) is 19.3 Å². The van der Waals surface area contributed by atoms with Crippen LogP contribution >= 0.6 is 0 Å². The molecule has 1 heterocycles. The summed E-state index contributed by atoms with van der Waals surface area (Å²) in [5.74, 6) is 0.755. The summed E-state index contributed by atoms with van der Waals surface area (Å²) in [6.07, 6.45) is 3.61. The second-order valence-corrected chi connectivity index (χ2v) is 6.95. The molecule has 4 nitrogen and oxygen atoms in total. The zero-order valence-electron chi connectivity index (χ0n) is 12.7. The summed E-state index contributed by atoms with van der Waals surface area (Å²) in [7, 11) is 0. The van der Waals surface area contributed by atoms with E-state index >= 15 is 0 Å². The van der Waals surface area contributed by atoms with Crippen molar-refractivity contribution in [1.29, 1.82) is 0 Å². The van der Waals surface area contributed by atoms with Gasteiger partial charge in [-0.2, -0.15) is 0 Å². The highest BCUT2D eigenvalue weighted by Gasteiger charge is 2.49. The summed E-state index contributed by atoms with van der Waals surface area (Å²) < 4.78 is 0. The third-order valence-corrected chi connectivity index (χ3v) is 4.68. The van der Waals surface area contributed by atoms with E-state index in [0.717, 1.165) is 0 Å². The zero-order valence-corrected chi connectivity index (χ0v) is 12.7. The number of hydrogen-bond donors (Lipinski definition) is 1. The van der Waals surface area contributed by atoms with Crippen molar-refractivity contribution < 1.29 is 9.59 Å². The van der Waals surface area contributed by atoms with Gasteiger partial charge >= 0.3 is 0 Å². The van der Waals surface area contributed by atoms with Gasteiger partial charge in [0.1, 0.15) is 11.6 Å². The minimum Gasteiger partial charge on any atom is -0.340 e. The Bertz CT molecular complexity index is 386. The van der Waals surface area contributed by atoms with Crippen LogP contribution in [0.4, 0.5) is 0 Å². The van der Waals surface area contributed by atoms with Gasteiger partial charge in [0.2, 0.25) is 11.8 Å². The zero-order chi connectivity index (χ0) is 14.4. The minimum absolute atomic E-state index is 0.00854. The Morgan fingerprint density at radius 1 is 1.21 bits per heavy atom. The Kier molecular flexibility index (Phi) is 3.63. The molecular formula is C15H26N2O2. The summed E-state index contributed by atoms with van der Waals surface area (Å²) in [5.41, 5.74) is -0.777. The second kappa shape index (κ2) is 4.80. The fourth-order valence-electron chi connectivity index (χ4n) is 3.22. The molecule has 0 aromatic heterocycles. The normalized spacial score (nSPS) is 29.2. The van der Waals surface area contributed by atoms with Crippen LogP contribution in [0.2, 0.25) is 0 Å². The molecule has 1 saturated heterocycles. The number of hydrogen-bond acceptors (Lipinski definition) is 2. The maximum absolute atomic E-state index is 12.7. The topological polar surface area (TPSA) is 49.4 Å². The molecule has 2 atom stereocenters. The molecule has 0 radical (unpaired) electrons. The fourth-order valence-corrected chi connectivity index (χ4v) is 3.22. The Labute approximate surface area is 115 Å². The first-order valence-corrected chi connectivity index (χ1v) is 7.40. The van der Waals surface area contributed by atoms with E-state index in [9.17, 15) is 9.59 Å². The van der Waals surface area contributed by atoms with Crippen LogP contribution in [-0.4, -0.2) is 34.3 Å². The summed E-state index contributed by atoms with van der Waals surface area (Å²) in [4.78, 5) is 26.9. The first kappa shape index (κ1) is 14.4. The molecule has 0 aromatic carbocycles. The van der Waals surface area contributed by atoms with Crippen LogP contribution < -0.4 is 5.32 Å². The fraction of sp³-hybridized carbons (Fsp3) is 0.867. The number of carbonyl (C=O) groups is 2. The van der Waals surface area contributed by atoms with Crippen molar-refractivity contribution in [2.75, 3.05) is 0 Å². The monoisotopic (exact) mass is 266 g/mol. The van der Waals surface area contributed by atoms with Gasteiger partial charge in [-0.1, -0.05) is 20.3 Å². The van der Waals surface area contributed by atoms with Crippen LogP contribution in [-0.2, 0) is 9.59 Å². The van der Waals surface area contributed by atoms with Crippen LogP contribution in [0.5, 0.6) is 0 Å². The molecule has 2 unspecified atom stereocenters. The highest BCUT2D eigenvalue weighted by atomic mass is 16.2. The van der Waals surface area contributed by atoms with Crippen molar-refractivity contribution in [3.8, 4) is 0 Å². The van der Waals surface area contributed by atoms with Crippen molar-refractivity contribution in [1.82, 2.24) is 10.2 Å². The first-order chi connectivity index (χ1) is 8.75. The van der Waals surface area contributed by atoms with E-state index in [2.05, 4.69) is 12.2 Å². The Morgan fingerprint density at radius 3 is 2.21 bits per heavy atom. The molecule has 2 rings (SSSR count). The van der Waals surface area contributed by atoms with E-state index in [1.54, 1.807) is 13.8 Å². The van der Waals surface area contributed by atoms with Crippen molar-refractivity contribution in [3.63, 3.8) is 0 Å². The standard InChI is InChI=1S/C15H26N2O2/c1-9(2)12-13(18)16-15(4,5)14(19)17(12)10(3)11-7-6-8-11/h9-12H,6-8H2,1-5H3,(H,16,18). The van der Waals surface area contributed by atoms with Gasteiger partial charge in [0.05, 0.1) is 0 Å². The molecule has 1 aliphatic heterocycles. The van der Waals surface area contributed by atoms with Crippen LogP contribution in [0.15, 0.2) is 0 Å². The summed E-state index contributed by atoms with van der Waals surface area (Å²) >= 11 is 0. The Hall–Kier alpha value is -1.06. The van der Waals surface area contributed by atoms with Crippen LogP contribution in [0, 0.1) is 11.8 Å². The molecule has 1 saturated carbocycles. The molecule has 0 aromatic rings. The molecule has 2 fully saturated rings. The van der Waals surface area contributed by atoms with Gasteiger partial charge in [-0.3, -0.25) is 9.59 Å². The summed E-state index contributed by atoms with van der Waals surface area (Å²) in [5, 5.41) is 2.87. The van der Waals surface area contributed by atoms with Gasteiger partial charge in [-0.05, 0) is 45.4 Å². The maximum Gasteiger partial charge on any atom is 0.248 e. The minimum atomic E-state index is -0.777. The molecule has 0 spiro atoms. The third kappa shape index (κ3) is 2.37. The van der Waals surface area contributed by atoms with Gasteiger partial charge in [0, 0.05) is 6.04 Å². The van der Waals surface area contributed by atoms with Crippen LogP contribution in [0.1, 0.15) is 53.9 Å². The first-order valence-electron chi connectivity index (χ1n) is 7.40. The van der Waals surface area contributed by atoms with E-state index in [-0.39, 0.29) is 29.8 Å². The summed E-state index contributed by atoms with van der Waals surface area (Å²) in [6.45, 7) is 9.72. The molecule has 2 amide bonds. The molecule has 4 heteroatoms. The SMILES string of the molecule is CC(C)C1C(=O)NC(C)(C)C(=O)N1C(C)C1CCC1. The lowest BCUT2D eigenvalue weighted by Gasteiger charge is -2.50. The smallest absolute Gasteiger partial charge is 0.248 e. The van der Waals surface area contributed by atoms with Crippen LogP contribution in [0.25, 0.3) is 0 Å². The van der Waals surface area contributed by atoms with E-state index in [0.29, 0.717) is 5.92 Å².